The van der Waals surface area contributed by atoms with Crippen molar-refractivity contribution in [3.8, 4) is 0 Å². The van der Waals surface area contributed by atoms with E-state index in [-0.39, 0.29) is 11.9 Å². The molecule has 2 aromatic heterocycles. The lowest BCUT2D eigenvalue weighted by Crippen LogP contribution is -2.44. The molecule has 124 valence electrons. The van der Waals surface area contributed by atoms with Crippen molar-refractivity contribution in [3.63, 3.8) is 0 Å². The first-order valence-corrected chi connectivity index (χ1v) is 8.80. The van der Waals surface area contributed by atoms with Gasteiger partial charge in [0.15, 0.2) is 5.13 Å². The van der Waals surface area contributed by atoms with Crippen LogP contribution < -0.4 is 10.2 Å². The number of piperidine rings is 1. The van der Waals surface area contributed by atoms with Crippen molar-refractivity contribution in [2.75, 3.05) is 18.0 Å². The lowest BCUT2D eigenvalue weighted by molar-refractivity contribution is -0.134. The van der Waals surface area contributed by atoms with Crippen LogP contribution in [-0.4, -0.2) is 30.0 Å². The third-order valence-corrected chi connectivity index (χ3v) is 5.44. The normalized spacial score (nSPS) is 16.6. The number of halogens is 3. The second kappa shape index (κ2) is 6.48. The highest BCUT2D eigenvalue weighted by Crippen LogP contribution is 2.36. The summed E-state index contributed by atoms with van der Waals surface area (Å²) in [6.07, 6.45) is -2.08. The maximum Gasteiger partial charge on any atom is 0.427 e. The molecular formula is C14H14F3N3OS2. The highest BCUT2D eigenvalue weighted by Gasteiger charge is 2.34. The maximum absolute atomic E-state index is 12.6. The Morgan fingerprint density at radius 1 is 1.35 bits per heavy atom. The summed E-state index contributed by atoms with van der Waals surface area (Å²) in [6, 6.07) is 1.81. The zero-order valence-corrected chi connectivity index (χ0v) is 13.6. The first kappa shape index (κ1) is 16.3. The molecular weight excluding hydrogens is 347 g/mol. The number of anilines is 1. The van der Waals surface area contributed by atoms with E-state index in [0.29, 0.717) is 48.0 Å². The first-order chi connectivity index (χ1) is 10.9. The van der Waals surface area contributed by atoms with Crippen molar-refractivity contribution in [2.45, 2.75) is 25.1 Å². The third-order valence-electron chi connectivity index (χ3n) is 3.66. The van der Waals surface area contributed by atoms with E-state index in [1.807, 2.05) is 10.3 Å². The summed E-state index contributed by atoms with van der Waals surface area (Å²) in [5.74, 6) is -0.0988. The Hall–Kier alpha value is -1.61. The van der Waals surface area contributed by atoms with Gasteiger partial charge in [0, 0.05) is 30.1 Å². The van der Waals surface area contributed by atoms with E-state index in [1.165, 1.54) is 11.3 Å². The molecule has 0 saturated carbocycles. The van der Waals surface area contributed by atoms with Gasteiger partial charge in [0.1, 0.15) is 4.88 Å². The predicted octanol–water partition coefficient (Wildman–Crippen LogP) is 3.62. The fourth-order valence-corrected chi connectivity index (χ4v) is 3.89. The summed E-state index contributed by atoms with van der Waals surface area (Å²) in [5, 5.41) is 6.99. The van der Waals surface area contributed by atoms with Crippen LogP contribution in [0.4, 0.5) is 18.3 Å². The van der Waals surface area contributed by atoms with E-state index in [4.69, 9.17) is 0 Å². The minimum atomic E-state index is -4.34. The van der Waals surface area contributed by atoms with Gasteiger partial charge >= 0.3 is 6.18 Å². The quantitative estimate of drug-likeness (QED) is 0.908. The van der Waals surface area contributed by atoms with Crippen LogP contribution in [-0.2, 0) is 6.18 Å². The molecule has 4 nitrogen and oxygen atoms in total. The number of thiophene rings is 1. The monoisotopic (exact) mass is 361 g/mol. The summed E-state index contributed by atoms with van der Waals surface area (Å²) in [5.41, 5.74) is 0.646. The molecule has 0 spiro atoms. The second-order valence-corrected chi connectivity index (χ2v) is 7.04. The van der Waals surface area contributed by atoms with Crippen LogP contribution >= 0.6 is 22.7 Å². The van der Waals surface area contributed by atoms with Gasteiger partial charge in [0.05, 0.1) is 6.20 Å². The van der Waals surface area contributed by atoms with Gasteiger partial charge in [-0.1, -0.05) is 11.3 Å². The summed E-state index contributed by atoms with van der Waals surface area (Å²) in [4.78, 5) is 17.0. The number of alkyl halides is 3. The van der Waals surface area contributed by atoms with Crippen molar-refractivity contribution >= 4 is 33.7 Å². The zero-order valence-electron chi connectivity index (χ0n) is 12.0. The Kier molecular flexibility index (Phi) is 4.58. The van der Waals surface area contributed by atoms with Gasteiger partial charge in [-0.25, -0.2) is 4.98 Å². The molecule has 1 N–H and O–H groups in total. The fourth-order valence-electron chi connectivity index (χ4n) is 2.42. The zero-order chi connectivity index (χ0) is 16.4. The predicted molar refractivity (Wildman–Crippen MR) is 84.1 cm³/mol. The number of carbonyl (C=O) groups is 1. The minimum Gasteiger partial charge on any atom is -0.349 e. The lowest BCUT2D eigenvalue weighted by atomic mass is 10.1. The van der Waals surface area contributed by atoms with Crippen LogP contribution in [0.3, 0.4) is 0 Å². The Morgan fingerprint density at radius 3 is 2.65 bits per heavy atom. The van der Waals surface area contributed by atoms with E-state index in [2.05, 4.69) is 10.3 Å². The highest BCUT2D eigenvalue weighted by molar-refractivity contribution is 7.15. The van der Waals surface area contributed by atoms with Crippen molar-refractivity contribution < 1.29 is 18.0 Å². The Morgan fingerprint density at radius 2 is 2.09 bits per heavy atom. The van der Waals surface area contributed by atoms with Crippen LogP contribution in [0.2, 0.25) is 0 Å². The number of hydrogen-bond donors (Lipinski definition) is 1. The van der Waals surface area contributed by atoms with E-state index in [0.717, 1.165) is 6.20 Å². The average Bonchev–Trinajstić information content (AvgIpc) is 3.19. The summed E-state index contributed by atoms with van der Waals surface area (Å²) >= 11 is 2.13. The smallest absolute Gasteiger partial charge is 0.349 e. The Labute approximate surface area is 139 Å². The standard InChI is InChI=1S/C14H14F3N3OS2/c15-14(16,17)11-7-18-13(23-11)20-4-1-10(2-5-20)19-12(21)9-3-6-22-8-9/h3,6-8,10H,1-2,4-5H2,(H,19,21). The van der Waals surface area contributed by atoms with E-state index < -0.39 is 11.1 Å². The van der Waals surface area contributed by atoms with Crippen LogP contribution in [0, 0.1) is 0 Å². The number of thiazole rings is 1. The van der Waals surface area contributed by atoms with Crippen LogP contribution in [0.1, 0.15) is 28.1 Å². The van der Waals surface area contributed by atoms with Gasteiger partial charge in [-0.05, 0) is 24.3 Å². The number of aromatic nitrogens is 1. The molecule has 3 heterocycles. The minimum absolute atomic E-state index is 0.0423. The lowest BCUT2D eigenvalue weighted by Gasteiger charge is -2.32. The largest absolute Gasteiger partial charge is 0.427 e. The van der Waals surface area contributed by atoms with Crippen molar-refractivity contribution in [3.05, 3.63) is 33.5 Å². The van der Waals surface area contributed by atoms with Gasteiger partial charge in [-0.15, -0.1) is 0 Å². The maximum atomic E-state index is 12.6. The Bertz CT molecular complexity index is 661. The molecule has 0 atom stereocenters. The summed E-state index contributed by atoms with van der Waals surface area (Å²) in [6.45, 7) is 1.17. The molecule has 0 aliphatic carbocycles. The molecule has 3 rings (SSSR count). The molecule has 0 unspecified atom stereocenters. The molecule has 1 fully saturated rings. The number of nitrogens with zero attached hydrogens (tertiary/aromatic N) is 2. The summed E-state index contributed by atoms with van der Waals surface area (Å²) in [7, 11) is 0. The van der Waals surface area contributed by atoms with Gasteiger partial charge in [0.25, 0.3) is 5.91 Å². The van der Waals surface area contributed by atoms with E-state index >= 15 is 0 Å². The molecule has 1 aliphatic heterocycles. The average molecular weight is 361 g/mol. The SMILES string of the molecule is O=C(NC1CCN(c2ncc(C(F)(F)F)s2)CC1)c1ccsc1. The van der Waals surface area contributed by atoms with Crippen LogP contribution in [0.25, 0.3) is 0 Å². The molecule has 9 heteroatoms. The van der Waals surface area contributed by atoms with Gasteiger partial charge in [-0.2, -0.15) is 24.5 Å². The first-order valence-electron chi connectivity index (χ1n) is 7.04. The van der Waals surface area contributed by atoms with E-state index in [9.17, 15) is 18.0 Å². The molecule has 2 aromatic rings. The molecule has 0 aromatic carbocycles. The van der Waals surface area contributed by atoms with Crippen molar-refractivity contribution in [1.29, 1.82) is 0 Å². The number of carbonyl (C=O) groups excluding carboxylic acids is 1. The number of nitrogens with one attached hydrogen (secondary N) is 1. The fraction of sp³-hybridized carbons (Fsp3) is 0.429. The molecule has 0 bridgehead atoms. The number of hydrogen-bond acceptors (Lipinski definition) is 5. The topological polar surface area (TPSA) is 45.2 Å². The summed E-state index contributed by atoms with van der Waals surface area (Å²) < 4.78 is 37.8. The van der Waals surface area contributed by atoms with Crippen LogP contribution in [0.5, 0.6) is 0 Å². The van der Waals surface area contributed by atoms with Gasteiger partial charge in [-0.3, -0.25) is 4.79 Å². The molecule has 1 amide bonds. The number of rotatable bonds is 3. The van der Waals surface area contributed by atoms with Crippen molar-refractivity contribution in [1.82, 2.24) is 10.3 Å². The molecule has 1 aliphatic rings. The van der Waals surface area contributed by atoms with Crippen LogP contribution in [0.15, 0.2) is 23.0 Å². The Balaban J connectivity index is 1.54. The molecule has 0 radical (unpaired) electrons. The van der Waals surface area contributed by atoms with E-state index in [1.54, 1.807) is 11.4 Å². The highest BCUT2D eigenvalue weighted by atomic mass is 32.1. The van der Waals surface area contributed by atoms with Gasteiger partial charge in [0.2, 0.25) is 0 Å². The molecule has 23 heavy (non-hydrogen) atoms. The number of amides is 1. The second-order valence-electron chi connectivity index (χ2n) is 5.25. The van der Waals surface area contributed by atoms with Crippen molar-refractivity contribution in [2.24, 2.45) is 0 Å². The third kappa shape index (κ3) is 3.84. The molecule has 1 saturated heterocycles. The van der Waals surface area contributed by atoms with Gasteiger partial charge < -0.3 is 10.2 Å².